The molecule has 1 aliphatic heterocycles. The summed E-state index contributed by atoms with van der Waals surface area (Å²) in [7, 11) is -0.684. The number of pyridine rings is 1. The van der Waals surface area contributed by atoms with Gasteiger partial charge < -0.3 is 9.64 Å². The number of rotatable bonds is 4. The van der Waals surface area contributed by atoms with Gasteiger partial charge in [0.15, 0.2) is 0 Å². The highest BCUT2D eigenvalue weighted by Crippen LogP contribution is 2.53. The number of methoxy groups -OCH3 is 1. The molecule has 0 bridgehead atoms. The monoisotopic (exact) mass is 345 g/mol. The number of ether oxygens (including phenoxy) is 1. The van der Waals surface area contributed by atoms with Crippen LogP contribution in [0, 0.1) is 16.1 Å². The van der Waals surface area contributed by atoms with Crippen LogP contribution in [0.2, 0.25) is 0 Å². The van der Waals surface area contributed by atoms with E-state index in [2.05, 4.69) is 22.0 Å². The fourth-order valence-electron chi connectivity index (χ4n) is 4.44. The molecule has 6 heteroatoms. The number of benzene rings is 1. The van der Waals surface area contributed by atoms with Crippen molar-refractivity contribution in [3.05, 3.63) is 30.5 Å². The van der Waals surface area contributed by atoms with Gasteiger partial charge in [0.25, 0.3) is 0 Å². The molecule has 1 atom stereocenters. The van der Waals surface area contributed by atoms with Crippen LogP contribution >= 0.6 is 0 Å². The van der Waals surface area contributed by atoms with Crippen LogP contribution < -0.4 is 9.64 Å². The van der Waals surface area contributed by atoms with Gasteiger partial charge in [-0.15, -0.1) is 0 Å². The normalized spacial score (nSPS) is 22.0. The molecular weight excluding hydrogens is 322 g/mol. The van der Waals surface area contributed by atoms with Crippen LogP contribution in [0.4, 0.5) is 5.69 Å². The zero-order valence-corrected chi connectivity index (χ0v) is 14.9. The summed E-state index contributed by atoms with van der Waals surface area (Å²) >= 11 is 0. The average Bonchev–Trinajstić information content (AvgIpc) is 2.46. The third kappa shape index (κ3) is 2.73. The zero-order valence-electron chi connectivity index (χ0n) is 14.1. The molecule has 1 aliphatic carbocycles. The molecule has 1 spiro atoms. The molecular formula is C18H23N3O2S. The van der Waals surface area contributed by atoms with Gasteiger partial charge >= 0.3 is 0 Å². The number of nitrogens with zero attached hydrogens (tertiary/aromatic N) is 2. The van der Waals surface area contributed by atoms with Crippen molar-refractivity contribution in [3.63, 3.8) is 0 Å². The first-order chi connectivity index (χ1) is 11.4. The van der Waals surface area contributed by atoms with Crippen molar-refractivity contribution in [3.8, 4) is 5.75 Å². The Labute approximate surface area is 143 Å². The lowest BCUT2D eigenvalue weighted by atomic mass is 9.58. The van der Waals surface area contributed by atoms with E-state index in [1.807, 2.05) is 18.3 Å². The maximum atomic E-state index is 11.6. The van der Waals surface area contributed by atoms with Crippen LogP contribution in [0.25, 0.3) is 10.9 Å². The first kappa shape index (κ1) is 15.7. The highest BCUT2D eigenvalue weighted by atomic mass is 32.2. The molecule has 1 unspecified atom stereocenters. The maximum Gasteiger partial charge on any atom is 0.121 e. The van der Waals surface area contributed by atoms with Crippen LogP contribution in [0.3, 0.4) is 0 Å². The quantitative estimate of drug-likeness (QED) is 0.924. The third-order valence-corrected chi connectivity index (χ3v) is 6.42. The van der Waals surface area contributed by atoms with Crippen molar-refractivity contribution >= 4 is 26.3 Å². The van der Waals surface area contributed by atoms with Gasteiger partial charge in [-0.25, -0.2) is 0 Å². The van der Waals surface area contributed by atoms with Crippen molar-refractivity contribution < 1.29 is 8.95 Å². The standard InChI is InChI=1S/C18H23N3O2S/c1-23-14-3-4-15-16(7-14)20-6-5-17(15)21-11-18(12-21)8-13(9-18)10-24(2,19)22/h3-7,13,19H,8-12H2,1-2H3. The molecule has 1 saturated heterocycles. The van der Waals surface area contributed by atoms with Gasteiger partial charge in [0.1, 0.15) is 5.75 Å². The Morgan fingerprint density at radius 3 is 2.79 bits per heavy atom. The van der Waals surface area contributed by atoms with E-state index in [0.717, 1.165) is 42.6 Å². The van der Waals surface area contributed by atoms with Gasteiger partial charge in [-0.05, 0) is 37.0 Å². The molecule has 0 radical (unpaired) electrons. The summed E-state index contributed by atoms with van der Waals surface area (Å²) in [4.78, 5) is 6.87. The van der Waals surface area contributed by atoms with Crippen molar-refractivity contribution in [2.45, 2.75) is 12.8 Å². The van der Waals surface area contributed by atoms with E-state index in [9.17, 15) is 4.21 Å². The predicted octanol–water partition coefficient (Wildman–Crippen LogP) is 3.14. The molecule has 128 valence electrons. The summed E-state index contributed by atoms with van der Waals surface area (Å²) in [5.74, 6) is 1.86. The number of nitrogens with one attached hydrogen (secondary N) is 1. The second kappa shape index (κ2) is 5.34. The Morgan fingerprint density at radius 1 is 1.38 bits per heavy atom. The molecule has 24 heavy (non-hydrogen) atoms. The minimum absolute atomic E-state index is 0.386. The van der Waals surface area contributed by atoms with Gasteiger partial charge in [-0.1, -0.05) is 0 Å². The van der Waals surface area contributed by atoms with Gasteiger partial charge in [0.2, 0.25) is 0 Å². The van der Waals surface area contributed by atoms with Gasteiger partial charge in [0, 0.05) is 63.6 Å². The summed E-state index contributed by atoms with van der Waals surface area (Å²) < 4.78 is 24.5. The van der Waals surface area contributed by atoms with Crippen LogP contribution in [0.15, 0.2) is 30.5 Å². The van der Waals surface area contributed by atoms with Crippen molar-refractivity contribution in [1.29, 1.82) is 4.78 Å². The van der Waals surface area contributed by atoms with Crippen molar-refractivity contribution in [1.82, 2.24) is 4.98 Å². The van der Waals surface area contributed by atoms with E-state index in [1.165, 1.54) is 5.69 Å². The number of anilines is 1. The van der Waals surface area contributed by atoms with E-state index >= 15 is 0 Å². The smallest absolute Gasteiger partial charge is 0.121 e. The Kier molecular flexibility index (Phi) is 3.49. The fourth-order valence-corrected chi connectivity index (χ4v) is 5.58. The van der Waals surface area contributed by atoms with E-state index in [-0.39, 0.29) is 0 Å². The van der Waals surface area contributed by atoms with E-state index in [1.54, 1.807) is 13.4 Å². The summed E-state index contributed by atoms with van der Waals surface area (Å²) in [6.07, 6.45) is 5.65. The zero-order chi connectivity index (χ0) is 16.9. The number of aromatic nitrogens is 1. The summed E-state index contributed by atoms with van der Waals surface area (Å²) in [5, 5.41) is 1.16. The van der Waals surface area contributed by atoms with Crippen molar-refractivity contribution in [2.24, 2.45) is 11.3 Å². The second-order valence-electron chi connectivity index (χ2n) is 7.52. The summed E-state index contributed by atoms with van der Waals surface area (Å²) in [6.45, 7) is 2.11. The average molecular weight is 345 g/mol. The molecule has 2 aliphatic rings. The molecule has 0 amide bonds. The Hall–Kier alpha value is -1.82. The van der Waals surface area contributed by atoms with Crippen LogP contribution in [-0.4, -0.2) is 41.4 Å². The Morgan fingerprint density at radius 2 is 2.12 bits per heavy atom. The molecule has 5 nitrogen and oxygen atoms in total. The van der Waals surface area contributed by atoms with Crippen LogP contribution in [0.5, 0.6) is 5.75 Å². The summed E-state index contributed by atoms with van der Waals surface area (Å²) in [5.41, 5.74) is 2.58. The fraction of sp³-hybridized carbons (Fsp3) is 0.500. The lowest BCUT2D eigenvalue weighted by Gasteiger charge is -2.60. The van der Waals surface area contributed by atoms with Crippen LogP contribution in [0.1, 0.15) is 12.8 Å². The molecule has 1 N–H and O–H groups in total. The highest BCUT2D eigenvalue weighted by Gasteiger charge is 2.52. The largest absolute Gasteiger partial charge is 0.497 e. The summed E-state index contributed by atoms with van der Waals surface area (Å²) in [6, 6.07) is 8.12. The molecule has 2 heterocycles. The number of hydrogen-bond donors (Lipinski definition) is 1. The van der Waals surface area contributed by atoms with E-state index in [4.69, 9.17) is 9.52 Å². The Bertz CT molecular complexity index is 880. The molecule has 2 fully saturated rings. The minimum Gasteiger partial charge on any atom is -0.497 e. The van der Waals surface area contributed by atoms with Crippen molar-refractivity contribution in [2.75, 3.05) is 37.1 Å². The number of fused-ring (bicyclic) bond motifs is 1. The first-order valence-corrected chi connectivity index (χ1v) is 10.4. The molecule has 1 aromatic carbocycles. The van der Waals surface area contributed by atoms with Gasteiger partial charge in [-0.2, -0.15) is 0 Å². The third-order valence-electron chi connectivity index (χ3n) is 5.32. The van der Waals surface area contributed by atoms with Gasteiger partial charge in [0.05, 0.1) is 12.6 Å². The highest BCUT2D eigenvalue weighted by molar-refractivity contribution is 7.91. The minimum atomic E-state index is -2.35. The van der Waals surface area contributed by atoms with Crippen LogP contribution in [-0.2, 0) is 9.73 Å². The van der Waals surface area contributed by atoms with Gasteiger partial charge in [-0.3, -0.25) is 14.0 Å². The topological polar surface area (TPSA) is 66.3 Å². The lowest BCUT2D eigenvalue weighted by molar-refractivity contribution is 0.0358. The Balaban J connectivity index is 1.47. The predicted molar refractivity (Wildman–Crippen MR) is 97.3 cm³/mol. The molecule has 1 saturated carbocycles. The first-order valence-electron chi connectivity index (χ1n) is 8.27. The molecule has 4 rings (SSSR count). The molecule has 1 aromatic heterocycles. The lowest BCUT2D eigenvalue weighted by Crippen LogP contribution is -2.63. The van der Waals surface area contributed by atoms with E-state index < -0.39 is 9.73 Å². The second-order valence-corrected chi connectivity index (χ2v) is 9.86. The molecule has 2 aromatic rings. The van der Waals surface area contributed by atoms with E-state index in [0.29, 0.717) is 17.1 Å². The number of hydrogen-bond acceptors (Lipinski definition) is 5. The SMILES string of the molecule is COc1ccc2c(N3CC4(CC(CS(C)(=N)=O)C4)C3)ccnc2c1. The maximum absolute atomic E-state index is 11.6.